The van der Waals surface area contributed by atoms with E-state index in [1.807, 2.05) is 6.92 Å². The minimum atomic E-state index is -0.134. The first kappa shape index (κ1) is 18.3. The van der Waals surface area contributed by atoms with Crippen molar-refractivity contribution in [2.75, 3.05) is 6.61 Å². The van der Waals surface area contributed by atoms with E-state index in [4.69, 9.17) is 4.74 Å². The summed E-state index contributed by atoms with van der Waals surface area (Å²) in [5.74, 6) is 0.315. The molecule has 1 aromatic carbocycles. The van der Waals surface area contributed by atoms with Gasteiger partial charge < -0.3 is 10.1 Å². The van der Waals surface area contributed by atoms with E-state index in [9.17, 15) is 4.79 Å². The van der Waals surface area contributed by atoms with E-state index in [0.29, 0.717) is 5.88 Å². The molecule has 0 radical (unpaired) electrons. The molecule has 2 aromatic heterocycles. The third kappa shape index (κ3) is 4.19. The van der Waals surface area contributed by atoms with Gasteiger partial charge in [0, 0.05) is 17.0 Å². The first-order valence-electron chi connectivity index (χ1n) is 8.80. The molecule has 26 heavy (non-hydrogen) atoms. The minimum absolute atomic E-state index is 0.0522. The van der Waals surface area contributed by atoms with Gasteiger partial charge >= 0.3 is 0 Å². The molecule has 1 N–H and O–H groups in total. The molecule has 0 spiro atoms. The zero-order valence-electron chi connectivity index (χ0n) is 15.3. The number of ether oxygens (including phenoxy) is 1. The monoisotopic (exact) mass is 369 g/mol. The fourth-order valence-electron chi connectivity index (χ4n) is 2.86. The molecule has 0 saturated carbocycles. The van der Waals surface area contributed by atoms with Crippen LogP contribution in [-0.4, -0.2) is 28.5 Å². The van der Waals surface area contributed by atoms with Crippen molar-refractivity contribution in [2.45, 2.75) is 39.7 Å². The molecule has 0 aliphatic heterocycles. The SMILES string of the molecule is CCC[C@@H](C)NC(=O)COc1ncnc2scc(-c3ccc(C)cc3)c12. The van der Waals surface area contributed by atoms with E-state index in [1.54, 1.807) is 11.3 Å². The van der Waals surface area contributed by atoms with Gasteiger partial charge in [-0.2, -0.15) is 0 Å². The lowest BCUT2D eigenvalue weighted by Gasteiger charge is -2.13. The Labute approximate surface area is 157 Å². The fraction of sp³-hybridized carbons (Fsp3) is 0.350. The lowest BCUT2D eigenvalue weighted by molar-refractivity contribution is -0.123. The predicted molar refractivity (Wildman–Crippen MR) is 106 cm³/mol. The zero-order chi connectivity index (χ0) is 18.5. The molecule has 0 saturated heterocycles. The van der Waals surface area contributed by atoms with Gasteiger partial charge in [-0.25, -0.2) is 9.97 Å². The molecule has 6 heteroatoms. The van der Waals surface area contributed by atoms with Crippen LogP contribution in [0, 0.1) is 6.92 Å². The molecule has 136 valence electrons. The van der Waals surface area contributed by atoms with E-state index in [0.717, 1.165) is 34.2 Å². The van der Waals surface area contributed by atoms with Gasteiger partial charge in [-0.15, -0.1) is 11.3 Å². The van der Waals surface area contributed by atoms with Crippen LogP contribution in [0.25, 0.3) is 21.3 Å². The molecule has 3 rings (SSSR count). The summed E-state index contributed by atoms with van der Waals surface area (Å²) >= 11 is 1.55. The third-order valence-corrected chi connectivity index (χ3v) is 5.05. The average molecular weight is 369 g/mol. The van der Waals surface area contributed by atoms with Gasteiger partial charge in [0.2, 0.25) is 5.88 Å². The zero-order valence-corrected chi connectivity index (χ0v) is 16.1. The molecule has 3 aromatic rings. The van der Waals surface area contributed by atoms with Crippen molar-refractivity contribution < 1.29 is 9.53 Å². The number of rotatable bonds is 7. The smallest absolute Gasteiger partial charge is 0.258 e. The molecule has 0 aliphatic rings. The number of nitrogens with one attached hydrogen (secondary N) is 1. The number of hydrogen-bond donors (Lipinski definition) is 1. The van der Waals surface area contributed by atoms with Crippen LogP contribution in [0.5, 0.6) is 5.88 Å². The second-order valence-corrected chi connectivity index (χ2v) is 7.28. The second kappa shape index (κ2) is 8.27. The Kier molecular flexibility index (Phi) is 5.83. The Balaban J connectivity index is 1.81. The highest BCUT2D eigenvalue weighted by molar-refractivity contribution is 7.17. The molecule has 0 bridgehead atoms. The number of nitrogens with zero attached hydrogens (tertiary/aromatic N) is 2. The van der Waals surface area contributed by atoms with E-state index in [1.165, 1.54) is 11.9 Å². The largest absolute Gasteiger partial charge is 0.467 e. The molecular formula is C20H23N3O2S. The molecule has 1 atom stereocenters. The highest BCUT2D eigenvalue weighted by Gasteiger charge is 2.15. The van der Waals surface area contributed by atoms with Crippen molar-refractivity contribution in [3.05, 3.63) is 41.5 Å². The quantitative estimate of drug-likeness (QED) is 0.672. The van der Waals surface area contributed by atoms with Crippen LogP contribution >= 0.6 is 11.3 Å². The summed E-state index contributed by atoms with van der Waals surface area (Å²) in [6, 6.07) is 8.45. The van der Waals surface area contributed by atoms with Crippen LogP contribution in [0.4, 0.5) is 0 Å². The summed E-state index contributed by atoms with van der Waals surface area (Å²) in [4.78, 5) is 21.5. The summed E-state index contributed by atoms with van der Waals surface area (Å²) in [5, 5.41) is 5.85. The fourth-order valence-corrected chi connectivity index (χ4v) is 3.76. The number of aryl methyl sites for hydroxylation is 1. The Morgan fingerprint density at radius 2 is 2.04 bits per heavy atom. The Bertz CT molecular complexity index is 890. The number of thiophene rings is 1. The number of aromatic nitrogens is 2. The highest BCUT2D eigenvalue weighted by atomic mass is 32.1. The lowest BCUT2D eigenvalue weighted by Crippen LogP contribution is -2.36. The number of hydrogen-bond acceptors (Lipinski definition) is 5. The molecule has 5 nitrogen and oxygen atoms in total. The van der Waals surface area contributed by atoms with Crippen molar-refractivity contribution >= 4 is 27.5 Å². The van der Waals surface area contributed by atoms with Crippen LogP contribution in [0.3, 0.4) is 0 Å². The summed E-state index contributed by atoms with van der Waals surface area (Å²) in [5.41, 5.74) is 3.32. The van der Waals surface area contributed by atoms with Crippen molar-refractivity contribution in [1.82, 2.24) is 15.3 Å². The Morgan fingerprint density at radius 1 is 1.27 bits per heavy atom. The third-order valence-electron chi connectivity index (χ3n) is 4.17. The molecule has 2 heterocycles. The molecular weight excluding hydrogens is 346 g/mol. The standard InChI is InChI=1S/C20H23N3O2S/c1-4-5-14(3)23-17(24)10-25-19-18-16(11-26-20(18)22-12-21-19)15-8-6-13(2)7-9-15/h6-9,11-12,14H,4-5,10H2,1-3H3,(H,23,24)/t14-/m1/s1. The van der Waals surface area contributed by atoms with Gasteiger partial charge in [0.25, 0.3) is 5.91 Å². The molecule has 0 aliphatic carbocycles. The van der Waals surface area contributed by atoms with Gasteiger partial charge in [-0.05, 0) is 25.8 Å². The first-order chi connectivity index (χ1) is 12.6. The minimum Gasteiger partial charge on any atom is -0.467 e. The van der Waals surface area contributed by atoms with Gasteiger partial charge in [-0.3, -0.25) is 4.79 Å². The predicted octanol–water partition coefficient (Wildman–Crippen LogP) is 4.35. The van der Waals surface area contributed by atoms with Crippen LogP contribution in [0.1, 0.15) is 32.3 Å². The van der Waals surface area contributed by atoms with Gasteiger partial charge in [0.05, 0.1) is 5.39 Å². The normalized spacial score (nSPS) is 12.1. The summed E-state index contributed by atoms with van der Waals surface area (Å²) in [6.45, 7) is 6.10. The highest BCUT2D eigenvalue weighted by Crippen LogP contribution is 2.37. The van der Waals surface area contributed by atoms with Crippen LogP contribution in [0.2, 0.25) is 0 Å². The topological polar surface area (TPSA) is 64.1 Å². The van der Waals surface area contributed by atoms with Gasteiger partial charge in [-0.1, -0.05) is 43.2 Å². The maximum Gasteiger partial charge on any atom is 0.258 e. The van der Waals surface area contributed by atoms with Crippen LogP contribution < -0.4 is 10.1 Å². The number of amides is 1. The second-order valence-electron chi connectivity index (χ2n) is 6.42. The van der Waals surface area contributed by atoms with E-state index >= 15 is 0 Å². The van der Waals surface area contributed by atoms with Gasteiger partial charge in [0.15, 0.2) is 6.61 Å². The van der Waals surface area contributed by atoms with Crippen molar-refractivity contribution in [3.63, 3.8) is 0 Å². The number of carbonyl (C=O) groups excluding carboxylic acids is 1. The number of benzene rings is 1. The maximum absolute atomic E-state index is 12.1. The van der Waals surface area contributed by atoms with Crippen molar-refractivity contribution in [3.8, 4) is 17.0 Å². The molecule has 1 amide bonds. The first-order valence-corrected chi connectivity index (χ1v) is 9.67. The maximum atomic E-state index is 12.1. The number of fused-ring (bicyclic) bond motifs is 1. The van der Waals surface area contributed by atoms with Gasteiger partial charge in [0.1, 0.15) is 11.2 Å². The molecule has 0 unspecified atom stereocenters. The number of carbonyl (C=O) groups is 1. The van der Waals surface area contributed by atoms with Crippen molar-refractivity contribution in [2.24, 2.45) is 0 Å². The van der Waals surface area contributed by atoms with E-state index in [-0.39, 0.29) is 18.6 Å². The summed E-state index contributed by atoms with van der Waals surface area (Å²) in [7, 11) is 0. The van der Waals surface area contributed by atoms with Crippen molar-refractivity contribution in [1.29, 1.82) is 0 Å². The summed E-state index contributed by atoms with van der Waals surface area (Å²) in [6.07, 6.45) is 3.46. The van der Waals surface area contributed by atoms with E-state index in [2.05, 4.69) is 58.8 Å². The Morgan fingerprint density at radius 3 is 2.77 bits per heavy atom. The van der Waals surface area contributed by atoms with Crippen LogP contribution in [-0.2, 0) is 4.79 Å². The van der Waals surface area contributed by atoms with E-state index < -0.39 is 0 Å². The summed E-state index contributed by atoms with van der Waals surface area (Å²) < 4.78 is 5.75. The molecule has 0 fully saturated rings. The Hall–Kier alpha value is -2.47. The lowest BCUT2D eigenvalue weighted by atomic mass is 10.0. The van der Waals surface area contributed by atoms with Crippen LogP contribution in [0.15, 0.2) is 36.0 Å². The average Bonchev–Trinajstić information content (AvgIpc) is 3.05.